The summed E-state index contributed by atoms with van der Waals surface area (Å²) in [6, 6.07) is 22.5. The Hall–Kier alpha value is -5.68. The molecule has 10 nitrogen and oxygen atoms in total. The van der Waals surface area contributed by atoms with Gasteiger partial charge in [0, 0.05) is 17.2 Å². The van der Waals surface area contributed by atoms with Crippen LogP contribution in [0, 0.1) is 6.92 Å². The lowest BCUT2D eigenvalue weighted by Gasteiger charge is -2.26. The Labute approximate surface area is 279 Å². The van der Waals surface area contributed by atoms with Crippen LogP contribution in [0.3, 0.4) is 0 Å². The molecule has 0 aliphatic carbocycles. The summed E-state index contributed by atoms with van der Waals surface area (Å²) in [6.07, 6.45) is 1.66. The molecule has 0 saturated heterocycles. The number of aromatic nitrogens is 1. The summed E-state index contributed by atoms with van der Waals surface area (Å²) >= 11 is 1.19. The average Bonchev–Trinajstić information content (AvgIpc) is 3.70. The summed E-state index contributed by atoms with van der Waals surface area (Å²) in [5.41, 5.74) is 3.65. The van der Waals surface area contributed by atoms with Gasteiger partial charge in [-0.05, 0) is 61.4 Å². The molecule has 6 rings (SSSR count). The number of benzene rings is 3. The van der Waals surface area contributed by atoms with Crippen LogP contribution in [0.25, 0.3) is 23.1 Å². The van der Waals surface area contributed by atoms with Crippen molar-refractivity contribution in [2.45, 2.75) is 19.9 Å². The van der Waals surface area contributed by atoms with Crippen LogP contribution in [0.15, 0.2) is 98.6 Å². The van der Waals surface area contributed by atoms with E-state index in [0.29, 0.717) is 54.7 Å². The van der Waals surface area contributed by atoms with Gasteiger partial charge in [0.1, 0.15) is 11.5 Å². The average molecular weight is 665 g/mol. The smallest absolute Gasteiger partial charge is 0.338 e. The van der Waals surface area contributed by atoms with Crippen molar-refractivity contribution in [3.63, 3.8) is 0 Å². The van der Waals surface area contributed by atoms with E-state index in [0.717, 1.165) is 11.1 Å². The maximum absolute atomic E-state index is 14.3. The lowest BCUT2D eigenvalue weighted by molar-refractivity contribution is -0.138. The molecule has 0 fully saturated rings. The van der Waals surface area contributed by atoms with Crippen LogP contribution in [0.2, 0.25) is 0 Å². The van der Waals surface area contributed by atoms with Gasteiger partial charge in [-0.1, -0.05) is 53.8 Å². The van der Waals surface area contributed by atoms with Gasteiger partial charge in [-0.15, -0.1) is 0 Å². The summed E-state index contributed by atoms with van der Waals surface area (Å²) in [6.45, 7) is 3.74. The molecular weight excluding hydrogens is 632 g/mol. The predicted molar refractivity (Wildman–Crippen MR) is 181 cm³/mol. The number of aryl methyl sites for hydroxylation is 1. The highest BCUT2D eigenvalue weighted by Crippen LogP contribution is 2.38. The molecule has 1 aliphatic heterocycles. The van der Waals surface area contributed by atoms with Crippen LogP contribution in [0.5, 0.6) is 11.5 Å². The zero-order chi connectivity index (χ0) is 33.9. The molecule has 0 saturated carbocycles. The van der Waals surface area contributed by atoms with E-state index in [2.05, 4.69) is 0 Å². The Morgan fingerprint density at radius 2 is 1.71 bits per heavy atom. The maximum atomic E-state index is 14.3. The number of hydrogen-bond donors (Lipinski definition) is 0. The molecule has 0 spiro atoms. The number of ether oxygens (including phenoxy) is 4. The molecule has 0 radical (unpaired) electrons. The molecule has 3 aromatic carbocycles. The number of thiazole rings is 1. The number of methoxy groups -OCH3 is 3. The molecule has 3 heterocycles. The molecule has 1 atom stereocenters. The number of nitrogens with zero attached hydrogens (tertiary/aromatic N) is 2. The monoisotopic (exact) mass is 664 g/mol. The first-order valence-corrected chi connectivity index (χ1v) is 15.9. The standard InChI is InChI=1S/C37H32N2O8S/c1-6-46-36(42)31-32(22-10-8-7-9-11-22)38-37-39(33(31)23-13-16-28(43-3)29(19-23)44-4)34(40)30(48-37)20-25-14-17-27(47-25)26-15-12-24(18-21(26)2)35(41)45-5/h7-20,33H,6H2,1-5H3/b30-20+/t33-/m1/s1. The Balaban J connectivity index is 1.53. The summed E-state index contributed by atoms with van der Waals surface area (Å²) in [7, 11) is 4.40. The van der Waals surface area contributed by atoms with Crippen molar-refractivity contribution in [2.24, 2.45) is 4.99 Å². The van der Waals surface area contributed by atoms with Crippen molar-refractivity contribution in [3.8, 4) is 22.8 Å². The number of hydrogen-bond acceptors (Lipinski definition) is 10. The van der Waals surface area contributed by atoms with Crippen molar-refractivity contribution in [3.05, 3.63) is 132 Å². The topological polar surface area (TPSA) is 119 Å². The van der Waals surface area contributed by atoms with E-state index in [1.807, 2.05) is 43.3 Å². The minimum atomic E-state index is -0.888. The highest BCUT2D eigenvalue weighted by molar-refractivity contribution is 7.07. The Kier molecular flexibility index (Phi) is 9.13. The molecule has 0 bridgehead atoms. The highest BCUT2D eigenvalue weighted by Gasteiger charge is 2.35. The van der Waals surface area contributed by atoms with E-state index in [1.165, 1.54) is 37.2 Å². The second-order valence-corrected chi connectivity index (χ2v) is 11.8. The zero-order valence-corrected chi connectivity index (χ0v) is 27.8. The maximum Gasteiger partial charge on any atom is 0.338 e. The molecule has 5 aromatic rings. The first-order chi connectivity index (χ1) is 23.3. The number of fused-ring (bicyclic) bond motifs is 1. The highest BCUT2D eigenvalue weighted by atomic mass is 32.1. The van der Waals surface area contributed by atoms with E-state index in [1.54, 1.807) is 55.5 Å². The van der Waals surface area contributed by atoms with Crippen molar-refractivity contribution in [1.29, 1.82) is 0 Å². The van der Waals surface area contributed by atoms with Gasteiger partial charge in [0.05, 0.1) is 55.3 Å². The van der Waals surface area contributed by atoms with E-state index in [9.17, 15) is 14.4 Å². The molecule has 244 valence electrons. The van der Waals surface area contributed by atoms with Gasteiger partial charge < -0.3 is 23.4 Å². The fourth-order valence-electron chi connectivity index (χ4n) is 5.67. The number of furan rings is 1. The third kappa shape index (κ3) is 5.95. The summed E-state index contributed by atoms with van der Waals surface area (Å²) < 4.78 is 29.5. The third-order valence-corrected chi connectivity index (χ3v) is 8.89. The Morgan fingerprint density at radius 1 is 0.938 bits per heavy atom. The van der Waals surface area contributed by atoms with Gasteiger partial charge >= 0.3 is 11.9 Å². The molecule has 11 heteroatoms. The zero-order valence-electron chi connectivity index (χ0n) is 26.9. The first-order valence-electron chi connectivity index (χ1n) is 15.1. The minimum Gasteiger partial charge on any atom is -0.493 e. The number of esters is 2. The van der Waals surface area contributed by atoms with Crippen LogP contribution in [-0.4, -0.2) is 44.4 Å². The fourth-order valence-corrected chi connectivity index (χ4v) is 6.65. The van der Waals surface area contributed by atoms with Gasteiger partial charge in [-0.3, -0.25) is 9.36 Å². The molecule has 0 unspecified atom stereocenters. The van der Waals surface area contributed by atoms with Gasteiger partial charge in [-0.2, -0.15) is 0 Å². The summed E-state index contributed by atoms with van der Waals surface area (Å²) in [5.74, 6) is 0.954. The van der Waals surface area contributed by atoms with Crippen LogP contribution < -0.4 is 24.4 Å². The van der Waals surface area contributed by atoms with Crippen molar-refractivity contribution >= 4 is 35.0 Å². The van der Waals surface area contributed by atoms with E-state index >= 15 is 0 Å². The van der Waals surface area contributed by atoms with Gasteiger partial charge in [-0.25, -0.2) is 14.6 Å². The Morgan fingerprint density at radius 3 is 2.40 bits per heavy atom. The first kappa shape index (κ1) is 32.3. The van der Waals surface area contributed by atoms with Crippen molar-refractivity contribution in [2.75, 3.05) is 27.9 Å². The van der Waals surface area contributed by atoms with Gasteiger partial charge in [0.2, 0.25) is 0 Å². The largest absolute Gasteiger partial charge is 0.493 e. The Bertz CT molecular complexity index is 2240. The molecule has 48 heavy (non-hydrogen) atoms. The fraction of sp³-hybridized carbons (Fsp3) is 0.189. The normalized spacial score (nSPS) is 14.3. The van der Waals surface area contributed by atoms with E-state index in [-0.39, 0.29) is 17.7 Å². The third-order valence-electron chi connectivity index (χ3n) is 7.91. The number of carbonyl (C=O) groups excluding carboxylic acids is 2. The van der Waals surface area contributed by atoms with Crippen LogP contribution in [0.1, 0.15) is 45.8 Å². The van der Waals surface area contributed by atoms with E-state index in [4.69, 9.17) is 28.4 Å². The second-order valence-electron chi connectivity index (χ2n) is 10.8. The number of carbonyl (C=O) groups is 2. The minimum absolute atomic E-state index is 0.138. The van der Waals surface area contributed by atoms with Gasteiger partial charge in [0.25, 0.3) is 5.56 Å². The van der Waals surface area contributed by atoms with Gasteiger partial charge in [0.15, 0.2) is 16.3 Å². The lowest BCUT2D eigenvalue weighted by atomic mass is 9.93. The molecule has 1 aliphatic rings. The molecular formula is C37H32N2O8S. The molecule has 0 amide bonds. The summed E-state index contributed by atoms with van der Waals surface area (Å²) in [5, 5.41) is 0. The number of rotatable bonds is 9. The van der Waals surface area contributed by atoms with Crippen LogP contribution in [0.4, 0.5) is 0 Å². The SMILES string of the molecule is CCOC(=O)C1=C(c2ccccc2)N=c2s/c(=C/c3ccc(-c4ccc(C(=O)OC)cc4C)o3)c(=O)n2[C@@H]1c1ccc(OC)c(OC)c1. The van der Waals surface area contributed by atoms with Crippen molar-refractivity contribution in [1.82, 2.24) is 4.57 Å². The second kappa shape index (κ2) is 13.6. The van der Waals surface area contributed by atoms with Crippen molar-refractivity contribution < 1.29 is 33.0 Å². The molecule has 2 aromatic heterocycles. The van der Waals surface area contributed by atoms with Crippen LogP contribution >= 0.6 is 11.3 Å². The molecule has 0 N–H and O–H groups in total. The predicted octanol–water partition coefficient (Wildman–Crippen LogP) is 5.31. The van der Waals surface area contributed by atoms with E-state index < -0.39 is 18.0 Å². The summed E-state index contributed by atoms with van der Waals surface area (Å²) in [4.78, 5) is 45.3. The quantitative estimate of drug-likeness (QED) is 0.195. The lowest BCUT2D eigenvalue weighted by Crippen LogP contribution is -2.40. The van der Waals surface area contributed by atoms with Crippen LogP contribution in [-0.2, 0) is 14.3 Å².